The van der Waals surface area contributed by atoms with E-state index >= 15 is 0 Å². The summed E-state index contributed by atoms with van der Waals surface area (Å²) in [5.74, 6) is -2.62. The average molecular weight is 321 g/mol. The number of ether oxygens (including phenoxy) is 1. The molecule has 0 unspecified atom stereocenters. The van der Waals surface area contributed by atoms with Gasteiger partial charge in [-0.05, 0) is 53.4 Å². The lowest BCUT2D eigenvalue weighted by Gasteiger charge is -2.37. The van der Waals surface area contributed by atoms with E-state index in [0.717, 1.165) is 0 Å². The van der Waals surface area contributed by atoms with Crippen molar-refractivity contribution in [3.05, 3.63) is 0 Å². The first kappa shape index (κ1) is 19.1. The number of nitrogens with zero attached hydrogens (tertiary/aromatic N) is 1. The van der Waals surface area contributed by atoms with Gasteiger partial charge in [-0.15, -0.1) is 0 Å². The van der Waals surface area contributed by atoms with Gasteiger partial charge in [0.2, 0.25) is 5.92 Å². The summed E-state index contributed by atoms with van der Waals surface area (Å²) in [5.41, 5.74) is -0.613. The van der Waals surface area contributed by atoms with Crippen molar-refractivity contribution >= 4 is 6.09 Å². The first-order chi connectivity index (χ1) is 10.0. The smallest absolute Gasteiger partial charge is 0.410 e. The lowest BCUT2D eigenvalue weighted by Crippen LogP contribution is -2.46. The summed E-state index contributed by atoms with van der Waals surface area (Å²) in [7, 11) is 0. The van der Waals surface area contributed by atoms with Crippen LogP contribution in [-0.4, -0.2) is 46.3 Å². The molecular formula is C16H29F2NO3. The molecule has 130 valence electrons. The van der Waals surface area contributed by atoms with Crippen LogP contribution in [-0.2, 0) is 4.74 Å². The van der Waals surface area contributed by atoms with Gasteiger partial charge in [-0.1, -0.05) is 0 Å². The zero-order valence-corrected chi connectivity index (χ0v) is 14.1. The molecule has 0 aliphatic heterocycles. The molecule has 0 radical (unpaired) electrons. The number of aliphatic hydroxyl groups is 1. The van der Waals surface area contributed by atoms with Gasteiger partial charge in [-0.2, -0.15) is 0 Å². The van der Waals surface area contributed by atoms with Gasteiger partial charge >= 0.3 is 6.09 Å². The van der Waals surface area contributed by atoms with E-state index in [1.54, 1.807) is 32.6 Å². The lowest BCUT2D eigenvalue weighted by molar-refractivity contribution is -0.0573. The van der Waals surface area contributed by atoms with E-state index in [2.05, 4.69) is 0 Å². The van der Waals surface area contributed by atoms with Crippen molar-refractivity contribution in [2.45, 2.75) is 89.9 Å². The largest absolute Gasteiger partial charge is 0.444 e. The predicted octanol–water partition coefficient (Wildman–Crippen LogP) is 3.96. The average Bonchev–Trinajstić information content (AvgIpc) is 2.33. The summed E-state index contributed by atoms with van der Waals surface area (Å²) in [5, 5.41) is 9.34. The fourth-order valence-electron chi connectivity index (χ4n) is 2.64. The molecule has 0 heterocycles. The van der Waals surface area contributed by atoms with Crippen LogP contribution in [0.15, 0.2) is 0 Å². The van der Waals surface area contributed by atoms with Crippen LogP contribution in [0.5, 0.6) is 0 Å². The second-order valence-corrected chi connectivity index (χ2v) is 7.25. The molecule has 1 aliphatic rings. The number of amides is 1. The highest BCUT2D eigenvalue weighted by Crippen LogP contribution is 2.35. The number of aliphatic hydroxyl groups excluding tert-OH is 1. The fourth-order valence-corrected chi connectivity index (χ4v) is 2.64. The summed E-state index contributed by atoms with van der Waals surface area (Å²) in [6.07, 6.45) is 0.527. The summed E-state index contributed by atoms with van der Waals surface area (Å²) in [6, 6.07) is -0.205. The third-order valence-electron chi connectivity index (χ3n) is 3.78. The van der Waals surface area contributed by atoms with Gasteiger partial charge in [0.15, 0.2) is 0 Å². The number of hydrogen-bond donors (Lipinski definition) is 1. The van der Waals surface area contributed by atoms with Gasteiger partial charge in [0.05, 0.1) is 6.10 Å². The first-order valence-electron chi connectivity index (χ1n) is 8.06. The van der Waals surface area contributed by atoms with Crippen LogP contribution in [0.3, 0.4) is 0 Å². The van der Waals surface area contributed by atoms with E-state index in [4.69, 9.17) is 4.74 Å². The Morgan fingerprint density at radius 3 is 2.36 bits per heavy atom. The molecular weight excluding hydrogens is 292 g/mol. The maximum absolute atomic E-state index is 13.3. The number of rotatable bonds is 5. The second kappa shape index (κ2) is 7.57. The summed E-state index contributed by atoms with van der Waals surface area (Å²) >= 11 is 0. The Bertz CT molecular complexity index is 357. The number of hydrogen-bond acceptors (Lipinski definition) is 3. The van der Waals surface area contributed by atoms with E-state index < -0.39 is 23.7 Å². The molecule has 6 heteroatoms. The second-order valence-electron chi connectivity index (χ2n) is 7.25. The van der Waals surface area contributed by atoms with Crippen LogP contribution < -0.4 is 0 Å². The molecule has 0 saturated heterocycles. The normalized spacial score (nSPS) is 20.5. The molecule has 0 bridgehead atoms. The SMILES string of the molecule is C[C@H](O)CCCN(C(=O)OC(C)(C)C)C1CCC(F)(F)CC1. The molecule has 0 spiro atoms. The minimum Gasteiger partial charge on any atom is -0.444 e. The number of halogens is 2. The molecule has 1 rings (SSSR count). The Kier molecular flexibility index (Phi) is 6.59. The van der Waals surface area contributed by atoms with Crippen LogP contribution in [0.1, 0.15) is 66.2 Å². The zero-order chi connectivity index (χ0) is 17.0. The molecule has 0 aromatic carbocycles. The van der Waals surface area contributed by atoms with Gasteiger partial charge in [0.1, 0.15) is 5.60 Å². The molecule has 1 saturated carbocycles. The van der Waals surface area contributed by atoms with Crippen molar-refractivity contribution in [1.82, 2.24) is 4.90 Å². The van der Waals surface area contributed by atoms with Crippen molar-refractivity contribution in [3.8, 4) is 0 Å². The maximum atomic E-state index is 13.3. The van der Waals surface area contributed by atoms with Gasteiger partial charge in [-0.3, -0.25) is 0 Å². The number of alkyl halides is 2. The Balaban J connectivity index is 2.67. The standard InChI is InChI=1S/C16H29F2NO3/c1-12(20)6-5-11-19(14(21)22-15(2,3)4)13-7-9-16(17,18)10-8-13/h12-13,20H,5-11H2,1-4H3/t12-/m0/s1. The monoisotopic (exact) mass is 321 g/mol. The number of carbonyl (C=O) groups is 1. The van der Waals surface area contributed by atoms with Gasteiger partial charge in [-0.25, -0.2) is 13.6 Å². The minimum atomic E-state index is -2.62. The molecule has 1 N–H and O–H groups in total. The quantitative estimate of drug-likeness (QED) is 0.834. The van der Waals surface area contributed by atoms with Gasteiger partial charge in [0.25, 0.3) is 0 Å². The van der Waals surface area contributed by atoms with E-state index in [0.29, 0.717) is 32.2 Å². The molecule has 4 nitrogen and oxygen atoms in total. The first-order valence-corrected chi connectivity index (χ1v) is 8.06. The Labute approximate surface area is 131 Å². The van der Waals surface area contributed by atoms with E-state index in [9.17, 15) is 18.7 Å². The van der Waals surface area contributed by atoms with Gasteiger partial charge in [0, 0.05) is 25.4 Å². The lowest BCUT2D eigenvalue weighted by atomic mass is 9.91. The van der Waals surface area contributed by atoms with Crippen LogP contribution >= 0.6 is 0 Å². The van der Waals surface area contributed by atoms with Crippen molar-refractivity contribution in [2.75, 3.05) is 6.54 Å². The van der Waals surface area contributed by atoms with Crippen molar-refractivity contribution in [1.29, 1.82) is 0 Å². The topological polar surface area (TPSA) is 49.8 Å². The third-order valence-corrected chi connectivity index (χ3v) is 3.78. The predicted molar refractivity (Wildman–Crippen MR) is 81.1 cm³/mol. The summed E-state index contributed by atoms with van der Waals surface area (Å²) < 4.78 is 32.0. The molecule has 1 fully saturated rings. The van der Waals surface area contributed by atoms with Crippen LogP contribution in [0.2, 0.25) is 0 Å². The minimum absolute atomic E-state index is 0.187. The highest BCUT2D eigenvalue weighted by atomic mass is 19.3. The zero-order valence-electron chi connectivity index (χ0n) is 14.1. The van der Waals surface area contributed by atoms with Crippen LogP contribution in [0.25, 0.3) is 0 Å². The fraction of sp³-hybridized carbons (Fsp3) is 0.938. The van der Waals surface area contributed by atoms with E-state index in [1.807, 2.05) is 0 Å². The van der Waals surface area contributed by atoms with E-state index in [1.165, 1.54) is 0 Å². The Hall–Kier alpha value is -0.910. The Morgan fingerprint density at radius 1 is 1.36 bits per heavy atom. The third kappa shape index (κ3) is 6.90. The number of carbonyl (C=O) groups excluding carboxylic acids is 1. The molecule has 1 amide bonds. The maximum Gasteiger partial charge on any atom is 0.410 e. The molecule has 1 atom stereocenters. The highest BCUT2D eigenvalue weighted by molar-refractivity contribution is 5.68. The summed E-state index contributed by atoms with van der Waals surface area (Å²) in [4.78, 5) is 13.9. The van der Waals surface area contributed by atoms with Gasteiger partial charge < -0.3 is 14.7 Å². The molecule has 22 heavy (non-hydrogen) atoms. The van der Waals surface area contributed by atoms with Crippen molar-refractivity contribution < 1.29 is 23.4 Å². The van der Waals surface area contributed by atoms with E-state index in [-0.39, 0.29) is 18.9 Å². The molecule has 1 aliphatic carbocycles. The van der Waals surface area contributed by atoms with Crippen LogP contribution in [0, 0.1) is 0 Å². The highest BCUT2D eigenvalue weighted by Gasteiger charge is 2.39. The summed E-state index contributed by atoms with van der Waals surface area (Å²) in [6.45, 7) is 7.48. The van der Waals surface area contributed by atoms with Crippen LogP contribution in [0.4, 0.5) is 13.6 Å². The van der Waals surface area contributed by atoms with Crippen molar-refractivity contribution in [2.24, 2.45) is 0 Å². The molecule has 0 aromatic heterocycles. The Morgan fingerprint density at radius 2 is 1.91 bits per heavy atom. The van der Waals surface area contributed by atoms with Crippen molar-refractivity contribution in [3.63, 3.8) is 0 Å². The molecule has 0 aromatic rings.